The summed E-state index contributed by atoms with van der Waals surface area (Å²) in [6.07, 6.45) is 12.0. The molecule has 1 saturated heterocycles. The van der Waals surface area contributed by atoms with Crippen LogP contribution in [0.3, 0.4) is 0 Å². The summed E-state index contributed by atoms with van der Waals surface area (Å²) in [5, 5.41) is 0.0222. The molecule has 11 heteroatoms. The van der Waals surface area contributed by atoms with Gasteiger partial charge in [-0.3, -0.25) is 9.69 Å². The first-order chi connectivity index (χ1) is 25.4. The molecule has 2 aromatic rings. The van der Waals surface area contributed by atoms with Crippen molar-refractivity contribution in [1.82, 2.24) is 14.5 Å². The van der Waals surface area contributed by atoms with Crippen molar-refractivity contribution < 1.29 is 22.7 Å². The van der Waals surface area contributed by atoms with Crippen LogP contribution in [0.5, 0.6) is 5.75 Å². The van der Waals surface area contributed by atoms with Crippen molar-refractivity contribution in [1.29, 1.82) is 0 Å². The molecular formula is C42H61ClN4O5S. The second-order valence-corrected chi connectivity index (χ2v) is 18.7. The fourth-order valence-electron chi connectivity index (χ4n) is 9.19. The van der Waals surface area contributed by atoms with Gasteiger partial charge in [0.1, 0.15) is 11.4 Å². The van der Waals surface area contributed by atoms with Crippen LogP contribution in [0.1, 0.15) is 94.6 Å². The summed E-state index contributed by atoms with van der Waals surface area (Å²) in [6.45, 7) is 18.7. The molecule has 2 aromatic carbocycles. The third-order valence-corrected chi connectivity index (χ3v) is 14.1. The topological polar surface area (TPSA) is 91.4 Å². The summed E-state index contributed by atoms with van der Waals surface area (Å²) in [6, 6.07) is 11.6. The molecule has 2 aliphatic carbocycles. The van der Waals surface area contributed by atoms with Gasteiger partial charge in [0.25, 0.3) is 5.91 Å². The summed E-state index contributed by atoms with van der Waals surface area (Å²) in [7, 11) is -3.80. The summed E-state index contributed by atoms with van der Waals surface area (Å²) >= 11 is 6.51. The van der Waals surface area contributed by atoms with E-state index in [1.54, 1.807) is 19.9 Å². The second-order valence-electron chi connectivity index (χ2n) is 16.1. The molecule has 6 rings (SSSR count). The van der Waals surface area contributed by atoms with E-state index in [1.165, 1.54) is 17.5 Å². The summed E-state index contributed by atoms with van der Waals surface area (Å²) in [4.78, 5) is 21.1. The molecule has 1 N–H and O–H groups in total. The van der Waals surface area contributed by atoms with Gasteiger partial charge in [-0.15, -0.1) is 0 Å². The molecule has 9 nitrogen and oxygen atoms in total. The number of sulfonamides is 1. The molecular weight excluding hydrogens is 708 g/mol. The largest absolute Gasteiger partial charge is 0.490 e. The van der Waals surface area contributed by atoms with E-state index in [9.17, 15) is 13.2 Å². The van der Waals surface area contributed by atoms with E-state index in [-0.39, 0.29) is 5.41 Å². The number of fused-ring (bicyclic) bond motifs is 3. The lowest BCUT2D eigenvalue weighted by atomic mass is 9.63. The summed E-state index contributed by atoms with van der Waals surface area (Å²) < 4.78 is 41.3. The lowest BCUT2D eigenvalue weighted by Gasteiger charge is -2.52. The summed E-state index contributed by atoms with van der Waals surface area (Å²) in [5.41, 5.74) is 3.03. The van der Waals surface area contributed by atoms with E-state index in [1.807, 2.05) is 18.2 Å². The SMILES string of the molecule is CC/C=C/[C@@](CN1CCN(CCC)CC1)(OCC)[C@@H]1CC[C@H]1CN1C[C@@]2(CCCc3cc(Cl)ccc32)COc2ccc(C(=O)NS(=O)(=O)C(C)C)cc21. The van der Waals surface area contributed by atoms with Crippen molar-refractivity contribution in [2.24, 2.45) is 11.8 Å². The molecule has 1 spiro atoms. The molecule has 1 saturated carbocycles. The standard InChI is InChI=1S/C42H61ClN4O5S/c1-6-9-19-42(52-8-3,29-46-23-21-45(20-7-2)22-24-46)37-15-12-34(37)27-47-28-41(18-10-11-32-25-35(43)14-16-36(32)41)30-51-39-17-13-33(26-38(39)47)40(48)44-53(49,50)31(4)5/h9,13-14,16-17,19,25-26,31,34,37H,6-8,10-12,15,18,20-24,27-30H2,1-5H3,(H,44,48)/b19-9+/t34-,37+,41-,42-/m0/s1. The average Bonchev–Trinajstić information content (AvgIpc) is 3.26. The number of nitrogens with zero attached hydrogens (tertiary/aromatic N) is 3. The van der Waals surface area contributed by atoms with Crippen LogP contribution < -0.4 is 14.4 Å². The number of amides is 1. The van der Waals surface area contributed by atoms with E-state index in [2.05, 4.69) is 64.5 Å². The molecule has 2 heterocycles. The zero-order valence-electron chi connectivity index (χ0n) is 32.5. The number of ether oxygens (including phenoxy) is 2. The molecule has 0 radical (unpaired) electrons. The lowest BCUT2D eigenvalue weighted by molar-refractivity contribution is -0.112. The molecule has 0 unspecified atom stereocenters. The Bertz CT molecular complexity index is 1730. The maximum Gasteiger partial charge on any atom is 0.264 e. The first-order valence-corrected chi connectivity index (χ1v) is 22.0. The van der Waals surface area contributed by atoms with Gasteiger partial charge >= 0.3 is 0 Å². The van der Waals surface area contributed by atoms with E-state index in [0.717, 1.165) is 102 Å². The number of hydrogen-bond donors (Lipinski definition) is 1. The monoisotopic (exact) mass is 768 g/mol. The van der Waals surface area contributed by atoms with E-state index in [0.29, 0.717) is 36.4 Å². The second kappa shape index (κ2) is 17.0. The Morgan fingerprint density at radius 3 is 2.55 bits per heavy atom. The van der Waals surface area contributed by atoms with E-state index >= 15 is 0 Å². The molecule has 0 aromatic heterocycles. The van der Waals surface area contributed by atoms with Crippen LogP contribution in [0.2, 0.25) is 5.02 Å². The predicted octanol–water partition coefficient (Wildman–Crippen LogP) is 7.08. The van der Waals surface area contributed by atoms with Crippen molar-refractivity contribution >= 4 is 33.2 Å². The van der Waals surface area contributed by atoms with Crippen LogP contribution >= 0.6 is 11.6 Å². The minimum Gasteiger partial charge on any atom is -0.490 e. The molecule has 2 aliphatic heterocycles. The maximum atomic E-state index is 13.4. The van der Waals surface area contributed by atoms with Gasteiger partial charge in [0.2, 0.25) is 10.0 Å². The van der Waals surface area contributed by atoms with Gasteiger partial charge < -0.3 is 19.3 Å². The van der Waals surface area contributed by atoms with Crippen LogP contribution in [0.15, 0.2) is 48.6 Å². The van der Waals surface area contributed by atoms with Crippen LogP contribution in [0.25, 0.3) is 0 Å². The van der Waals surface area contributed by atoms with Gasteiger partial charge in [0, 0.05) is 68.4 Å². The van der Waals surface area contributed by atoms with Gasteiger partial charge in [-0.25, -0.2) is 13.1 Å². The van der Waals surface area contributed by atoms with E-state index < -0.39 is 26.8 Å². The highest BCUT2D eigenvalue weighted by Crippen LogP contribution is 2.49. The number of halogens is 1. The Hall–Kier alpha value is -2.63. The lowest BCUT2D eigenvalue weighted by Crippen LogP contribution is -2.59. The highest BCUT2D eigenvalue weighted by atomic mass is 35.5. The summed E-state index contributed by atoms with van der Waals surface area (Å²) in [5.74, 6) is 0.759. The minimum atomic E-state index is -3.80. The fourth-order valence-corrected chi connectivity index (χ4v) is 10.00. The van der Waals surface area contributed by atoms with Gasteiger partial charge in [0.05, 0.1) is 17.5 Å². The number of benzene rings is 2. The quantitative estimate of drug-likeness (QED) is 0.204. The zero-order valence-corrected chi connectivity index (χ0v) is 34.1. The first-order valence-electron chi connectivity index (χ1n) is 20.1. The van der Waals surface area contributed by atoms with Crippen molar-refractivity contribution in [2.75, 3.05) is 70.5 Å². The Kier molecular flexibility index (Phi) is 12.9. The number of carbonyl (C=O) groups is 1. The number of piperazine rings is 1. The molecule has 1 amide bonds. The Balaban J connectivity index is 1.34. The molecule has 4 atom stereocenters. The number of anilines is 1. The number of aryl methyl sites for hydroxylation is 1. The average molecular weight is 769 g/mol. The van der Waals surface area contributed by atoms with Crippen molar-refractivity contribution in [3.05, 3.63) is 70.3 Å². The van der Waals surface area contributed by atoms with Crippen molar-refractivity contribution in [3.63, 3.8) is 0 Å². The smallest absolute Gasteiger partial charge is 0.264 e. The Labute approximate surface area is 323 Å². The molecule has 4 aliphatic rings. The first kappa shape index (κ1) is 40.0. The predicted molar refractivity (Wildman–Crippen MR) is 215 cm³/mol. The molecule has 2 fully saturated rings. The zero-order chi connectivity index (χ0) is 37.8. The number of nitrogens with one attached hydrogen (secondary N) is 1. The Morgan fingerprint density at radius 1 is 1.09 bits per heavy atom. The maximum absolute atomic E-state index is 13.4. The van der Waals surface area contributed by atoms with Gasteiger partial charge in [-0.05, 0) is 126 Å². The van der Waals surface area contributed by atoms with Gasteiger partial charge in [0.15, 0.2) is 0 Å². The van der Waals surface area contributed by atoms with Crippen molar-refractivity contribution in [2.45, 2.75) is 95.8 Å². The van der Waals surface area contributed by atoms with Crippen LogP contribution in [-0.4, -0.2) is 101 Å². The molecule has 53 heavy (non-hydrogen) atoms. The highest BCUT2D eigenvalue weighted by Gasteiger charge is 2.50. The highest BCUT2D eigenvalue weighted by molar-refractivity contribution is 7.90. The van der Waals surface area contributed by atoms with Gasteiger partial charge in [-0.2, -0.15) is 0 Å². The van der Waals surface area contributed by atoms with Gasteiger partial charge in [-0.1, -0.05) is 43.7 Å². The van der Waals surface area contributed by atoms with Crippen LogP contribution in [0.4, 0.5) is 5.69 Å². The normalized spacial score (nSPS) is 25.0. The number of carbonyl (C=O) groups excluding carboxylic acids is 1. The third kappa shape index (κ3) is 8.77. The van der Waals surface area contributed by atoms with Crippen molar-refractivity contribution in [3.8, 4) is 5.75 Å². The molecule has 0 bridgehead atoms. The van der Waals surface area contributed by atoms with Crippen LogP contribution in [-0.2, 0) is 26.6 Å². The number of rotatable bonds is 14. The third-order valence-electron chi connectivity index (χ3n) is 12.2. The van der Waals surface area contributed by atoms with Crippen LogP contribution in [0, 0.1) is 11.8 Å². The fraction of sp³-hybridized carbons (Fsp3) is 0.643. The van der Waals surface area contributed by atoms with E-state index in [4.69, 9.17) is 21.1 Å². The Morgan fingerprint density at radius 2 is 1.87 bits per heavy atom. The number of hydrogen-bond acceptors (Lipinski definition) is 8. The minimum absolute atomic E-state index is 0.267. The number of allylic oxidation sites excluding steroid dienone is 1. The molecule has 292 valence electrons.